The normalized spacial score (nSPS) is 45.2. The van der Waals surface area contributed by atoms with E-state index in [0.29, 0.717) is 16.9 Å². The molecule has 4 rings (SSSR count). The Morgan fingerprint density at radius 3 is 2.48 bits per heavy atom. The monoisotopic (exact) mass is 418 g/mol. The number of rotatable bonds is 3. The fourth-order valence-electron chi connectivity index (χ4n) is 7.78. The molecule has 0 saturated heterocycles. The van der Waals surface area contributed by atoms with Gasteiger partial charge in [-0.1, -0.05) is 46.3 Å². The lowest BCUT2D eigenvalue weighted by Crippen LogP contribution is -2.54. The first-order chi connectivity index (χ1) is 13.4. The summed E-state index contributed by atoms with van der Waals surface area (Å²) in [7, 11) is -1.73. The van der Waals surface area contributed by atoms with E-state index in [2.05, 4.69) is 53.8 Å². The van der Waals surface area contributed by atoms with Crippen molar-refractivity contribution in [2.45, 2.75) is 123 Å². The molecule has 7 atom stereocenters. The molecule has 3 saturated carbocycles. The first-order valence-electron chi connectivity index (χ1n) is 12.5. The van der Waals surface area contributed by atoms with Crippen LogP contribution in [0.3, 0.4) is 0 Å². The smallest absolute Gasteiger partial charge is 0.192 e. The van der Waals surface area contributed by atoms with E-state index >= 15 is 0 Å². The van der Waals surface area contributed by atoms with Crippen molar-refractivity contribution in [1.82, 2.24) is 0 Å². The Morgan fingerprint density at radius 2 is 1.83 bits per heavy atom. The van der Waals surface area contributed by atoms with Gasteiger partial charge >= 0.3 is 0 Å². The third-order valence-corrected chi connectivity index (χ3v) is 15.1. The van der Waals surface area contributed by atoms with Gasteiger partial charge in [-0.2, -0.15) is 0 Å². The average Bonchev–Trinajstić information content (AvgIpc) is 2.96. The van der Waals surface area contributed by atoms with Gasteiger partial charge in [0.05, 0.1) is 12.2 Å². The van der Waals surface area contributed by atoms with Crippen molar-refractivity contribution < 1.29 is 9.53 Å². The number of aliphatic hydroxyl groups is 1. The zero-order valence-corrected chi connectivity index (χ0v) is 21.2. The molecule has 166 valence electrons. The standard InChI is InChI=1S/C26H46O2Si/c1-8-26-16-13-19(27)17-18(26)9-10-20-21-11-12-23(25(21,5)15-14-22(20)26)28-29(6,7)24(2,3)4/h9,19-23,27H,8,10-17H2,1-7H3/t19-,20?,21?,22?,23-,25-,26-/m0/s1. The van der Waals surface area contributed by atoms with Gasteiger partial charge in [-0.05, 0) is 105 Å². The Morgan fingerprint density at radius 1 is 1.10 bits per heavy atom. The van der Waals surface area contributed by atoms with Crippen molar-refractivity contribution in [2.75, 3.05) is 0 Å². The van der Waals surface area contributed by atoms with Crippen molar-refractivity contribution in [3.05, 3.63) is 11.6 Å². The van der Waals surface area contributed by atoms with Gasteiger partial charge in [-0.25, -0.2) is 0 Å². The van der Waals surface area contributed by atoms with Crippen LogP contribution in [0.15, 0.2) is 11.6 Å². The zero-order chi connectivity index (χ0) is 21.2. The van der Waals surface area contributed by atoms with Gasteiger partial charge in [-0.15, -0.1) is 0 Å². The third kappa shape index (κ3) is 3.33. The Balaban J connectivity index is 1.59. The summed E-state index contributed by atoms with van der Waals surface area (Å²) in [4.78, 5) is 0. The minimum Gasteiger partial charge on any atom is -0.413 e. The molecular formula is C26H46O2Si. The van der Waals surface area contributed by atoms with Crippen LogP contribution in [0.1, 0.15) is 92.4 Å². The van der Waals surface area contributed by atoms with Gasteiger partial charge < -0.3 is 9.53 Å². The number of allylic oxidation sites excluding steroid dienone is 1. The molecule has 3 heteroatoms. The van der Waals surface area contributed by atoms with Gasteiger partial charge in [-0.3, -0.25) is 0 Å². The maximum atomic E-state index is 10.3. The van der Waals surface area contributed by atoms with Crippen LogP contribution in [0.5, 0.6) is 0 Å². The molecule has 2 nitrogen and oxygen atoms in total. The highest BCUT2D eigenvalue weighted by Crippen LogP contribution is 2.66. The summed E-state index contributed by atoms with van der Waals surface area (Å²) in [5.74, 6) is 2.49. The van der Waals surface area contributed by atoms with E-state index in [-0.39, 0.29) is 11.1 Å². The van der Waals surface area contributed by atoms with Crippen LogP contribution in [0.25, 0.3) is 0 Å². The Bertz CT molecular complexity index is 662. The molecule has 4 aliphatic carbocycles. The molecule has 3 unspecified atom stereocenters. The SMILES string of the molecule is CC[C@]12CC[C@H](O)CC1=CCC1C2CC[C@@]2(C)C1CC[C@@H]2O[Si](C)(C)C(C)(C)C. The molecule has 4 aliphatic rings. The Hall–Kier alpha value is -0.123. The minimum atomic E-state index is -1.73. The topological polar surface area (TPSA) is 29.5 Å². The molecular weight excluding hydrogens is 372 g/mol. The molecule has 0 aromatic heterocycles. The van der Waals surface area contributed by atoms with Crippen molar-refractivity contribution >= 4 is 8.32 Å². The largest absolute Gasteiger partial charge is 0.413 e. The summed E-state index contributed by atoms with van der Waals surface area (Å²) >= 11 is 0. The molecule has 0 amide bonds. The molecule has 29 heavy (non-hydrogen) atoms. The second kappa shape index (κ2) is 7.20. The van der Waals surface area contributed by atoms with Gasteiger partial charge in [0.2, 0.25) is 0 Å². The molecule has 0 aromatic carbocycles. The molecule has 0 aromatic rings. The number of aliphatic hydroxyl groups excluding tert-OH is 1. The predicted octanol–water partition coefficient (Wildman–Crippen LogP) is 7.09. The quantitative estimate of drug-likeness (QED) is 0.391. The molecule has 0 aliphatic heterocycles. The van der Waals surface area contributed by atoms with Gasteiger partial charge in [0.15, 0.2) is 8.32 Å². The minimum absolute atomic E-state index is 0.0971. The van der Waals surface area contributed by atoms with Crippen molar-refractivity contribution in [1.29, 1.82) is 0 Å². The second-order valence-corrected chi connectivity index (χ2v) is 17.5. The zero-order valence-electron chi connectivity index (χ0n) is 20.2. The highest BCUT2D eigenvalue weighted by atomic mass is 28.4. The third-order valence-electron chi connectivity index (χ3n) is 10.6. The Kier molecular flexibility index (Phi) is 5.48. The number of fused-ring (bicyclic) bond motifs is 5. The van der Waals surface area contributed by atoms with Crippen LogP contribution < -0.4 is 0 Å². The van der Waals surface area contributed by atoms with E-state index in [9.17, 15) is 5.11 Å². The van der Waals surface area contributed by atoms with Crippen molar-refractivity contribution in [3.8, 4) is 0 Å². The van der Waals surface area contributed by atoms with E-state index in [1.807, 2.05) is 0 Å². The maximum Gasteiger partial charge on any atom is 0.192 e. The van der Waals surface area contributed by atoms with Gasteiger partial charge in [0.25, 0.3) is 0 Å². The van der Waals surface area contributed by atoms with Crippen LogP contribution in [0, 0.1) is 28.6 Å². The molecule has 0 heterocycles. The van der Waals surface area contributed by atoms with Crippen LogP contribution in [0.4, 0.5) is 0 Å². The molecule has 0 spiro atoms. The Labute approximate surface area is 181 Å². The van der Waals surface area contributed by atoms with Crippen LogP contribution in [-0.2, 0) is 4.43 Å². The van der Waals surface area contributed by atoms with E-state index in [1.54, 1.807) is 5.57 Å². The van der Waals surface area contributed by atoms with E-state index in [1.165, 1.54) is 44.9 Å². The van der Waals surface area contributed by atoms with Gasteiger partial charge in [0.1, 0.15) is 0 Å². The fourth-order valence-corrected chi connectivity index (χ4v) is 9.23. The molecule has 3 fully saturated rings. The first-order valence-corrected chi connectivity index (χ1v) is 15.4. The summed E-state index contributed by atoms with van der Waals surface area (Å²) in [6.45, 7) is 17.0. The predicted molar refractivity (Wildman–Crippen MR) is 124 cm³/mol. The highest BCUT2D eigenvalue weighted by molar-refractivity contribution is 6.74. The molecule has 0 bridgehead atoms. The first kappa shape index (κ1) is 22.1. The van der Waals surface area contributed by atoms with E-state index < -0.39 is 8.32 Å². The summed E-state index contributed by atoms with van der Waals surface area (Å²) in [6.07, 6.45) is 14.0. The average molecular weight is 419 g/mol. The number of hydrogen-bond acceptors (Lipinski definition) is 2. The van der Waals surface area contributed by atoms with Crippen LogP contribution >= 0.6 is 0 Å². The number of hydrogen-bond donors (Lipinski definition) is 1. The lowest BCUT2D eigenvalue weighted by atomic mass is 9.47. The summed E-state index contributed by atoms with van der Waals surface area (Å²) in [5, 5.41) is 10.6. The van der Waals surface area contributed by atoms with Gasteiger partial charge in [0, 0.05) is 0 Å². The molecule has 1 N–H and O–H groups in total. The highest BCUT2D eigenvalue weighted by Gasteiger charge is 2.60. The van der Waals surface area contributed by atoms with Crippen LogP contribution in [-0.4, -0.2) is 25.6 Å². The summed E-state index contributed by atoms with van der Waals surface area (Å²) in [5.41, 5.74) is 2.38. The van der Waals surface area contributed by atoms with Crippen LogP contribution in [0.2, 0.25) is 18.1 Å². The van der Waals surface area contributed by atoms with Crippen molar-refractivity contribution in [2.24, 2.45) is 28.6 Å². The summed E-state index contributed by atoms with van der Waals surface area (Å²) < 4.78 is 7.08. The fraction of sp³-hybridized carbons (Fsp3) is 0.923. The van der Waals surface area contributed by atoms with E-state index in [0.717, 1.165) is 30.6 Å². The second-order valence-electron chi connectivity index (χ2n) is 12.7. The lowest BCUT2D eigenvalue weighted by Gasteiger charge is -2.59. The lowest BCUT2D eigenvalue weighted by molar-refractivity contribution is -0.0737. The molecule has 0 radical (unpaired) electrons. The summed E-state index contributed by atoms with van der Waals surface area (Å²) in [6, 6.07) is 0. The maximum absolute atomic E-state index is 10.3. The van der Waals surface area contributed by atoms with Crippen molar-refractivity contribution in [3.63, 3.8) is 0 Å². The van der Waals surface area contributed by atoms with E-state index in [4.69, 9.17) is 4.43 Å².